The second-order valence-electron chi connectivity index (χ2n) is 2.86. The summed E-state index contributed by atoms with van der Waals surface area (Å²) < 4.78 is 0. The largest absolute Gasteiger partial charge is 0.388 e. The van der Waals surface area contributed by atoms with E-state index in [1.54, 1.807) is 6.20 Å². The number of benzene rings is 1. The van der Waals surface area contributed by atoms with Crippen molar-refractivity contribution in [1.29, 1.82) is 0 Å². The molecule has 70 valence electrons. The van der Waals surface area contributed by atoms with Crippen LogP contribution in [0.25, 0.3) is 10.8 Å². The topological polar surface area (TPSA) is 38.9 Å². The highest BCUT2D eigenvalue weighted by molar-refractivity contribution is 7.80. The van der Waals surface area contributed by atoms with E-state index in [2.05, 4.69) is 4.98 Å². The number of fused-ring (bicyclic) bond motifs is 1. The Hall–Kier alpha value is -1.19. The summed E-state index contributed by atoms with van der Waals surface area (Å²) in [5, 5.41) is 2.50. The van der Waals surface area contributed by atoms with Crippen LogP contribution in [0.1, 0.15) is 5.69 Å². The highest BCUT2D eigenvalue weighted by Crippen LogP contribution is 2.24. The van der Waals surface area contributed by atoms with E-state index in [0.29, 0.717) is 10.7 Å². The number of thiocarbonyl (C=S) groups is 1. The Kier molecular flexibility index (Phi) is 2.35. The molecule has 0 saturated carbocycles. The smallest absolute Gasteiger partial charge is 0.123 e. The standard InChI is InChI=1S/C10H7ClN2S/c11-8-3-1-2-7-6(8)4-5-13-9(7)10(12)14/h1-5H,(H2,12,14). The third kappa shape index (κ3) is 1.45. The van der Waals surface area contributed by atoms with Gasteiger partial charge in [-0.15, -0.1) is 0 Å². The number of rotatable bonds is 1. The van der Waals surface area contributed by atoms with Gasteiger partial charge in [0.15, 0.2) is 0 Å². The van der Waals surface area contributed by atoms with Crippen molar-refractivity contribution in [2.45, 2.75) is 0 Å². The van der Waals surface area contributed by atoms with Crippen LogP contribution >= 0.6 is 23.8 Å². The molecule has 1 heterocycles. The average Bonchev–Trinajstić information content (AvgIpc) is 2.17. The molecule has 0 bridgehead atoms. The van der Waals surface area contributed by atoms with Gasteiger partial charge in [0, 0.05) is 22.0 Å². The number of nitrogens with zero attached hydrogens (tertiary/aromatic N) is 1. The lowest BCUT2D eigenvalue weighted by Gasteiger charge is -2.04. The van der Waals surface area contributed by atoms with Crippen LogP contribution in [-0.2, 0) is 0 Å². The summed E-state index contributed by atoms with van der Waals surface area (Å²) in [5.74, 6) is 0. The van der Waals surface area contributed by atoms with Crippen LogP contribution in [0.15, 0.2) is 30.5 Å². The van der Waals surface area contributed by atoms with Crippen LogP contribution in [-0.4, -0.2) is 9.97 Å². The zero-order valence-electron chi connectivity index (χ0n) is 7.20. The second kappa shape index (κ2) is 3.52. The molecule has 0 atom stereocenters. The van der Waals surface area contributed by atoms with E-state index in [9.17, 15) is 0 Å². The monoisotopic (exact) mass is 222 g/mol. The maximum absolute atomic E-state index is 6.02. The molecule has 2 rings (SSSR count). The Bertz CT molecular complexity index is 510. The molecule has 1 aromatic carbocycles. The Morgan fingerprint density at radius 1 is 1.29 bits per heavy atom. The van der Waals surface area contributed by atoms with Crippen molar-refractivity contribution in [3.63, 3.8) is 0 Å². The van der Waals surface area contributed by atoms with Crippen LogP contribution in [0.4, 0.5) is 0 Å². The van der Waals surface area contributed by atoms with Gasteiger partial charge in [-0.25, -0.2) is 0 Å². The van der Waals surface area contributed by atoms with Crippen molar-refractivity contribution in [3.8, 4) is 0 Å². The molecule has 1 aromatic heterocycles. The lowest BCUT2D eigenvalue weighted by Crippen LogP contribution is -2.11. The van der Waals surface area contributed by atoms with E-state index in [1.165, 1.54) is 0 Å². The average molecular weight is 223 g/mol. The summed E-state index contributed by atoms with van der Waals surface area (Å²) in [6.07, 6.45) is 1.66. The molecule has 0 amide bonds. The van der Waals surface area contributed by atoms with Gasteiger partial charge in [-0.1, -0.05) is 36.0 Å². The van der Waals surface area contributed by atoms with Crippen molar-refractivity contribution in [1.82, 2.24) is 4.98 Å². The van der Waals surface area contributed by atoms with E-state index in [4.69, 9.17) is 29.6 Å². The first-order valence-corrected chi connectivity index (χ1v) is 4.82. The summed E-state index contributed by atoms with van der Waals surface area (Å²) in [6, 6.07) is 7.43. The van der Waals surface area contributed by atoms with Crippen LogP contribution in [0, 0.1) is 0 Å². The van der Waals surface area contributed by atoms with Gasteiger partial charge in [0.25, 0.3) is 0 Å². The maximum atomic E-state index is 6.02. The van der Waals surface area contributed by atoms with Crippen LogP contribution in [0.5, 0.6) is 0 Å². The Labute approximate surface area is 91.7 Å². The number of hydrogen-bond acceptors (Lipinski definition) is 2. The van der Waals surface area contributed by atoms with E-state index in [0.717, 1.165) is 10.8 Å². The first-order valence-electron chi connectivity index (χ1n) is 4.03. The van der Waals surface area contributed by atoms with Crippen molar-refractivity contribution < 1.29 is 0 Å². The molecule has 2 nitrogen and oxygen atoms in total. The molecule has 0 aliphatic rings. The van der Waals surface area contributed by atoms with Gasteiger partial charge >= 0.3 is 0 Å². The van der Waals surface area contributed by atoms with Crippen LogP contribution < -0.4 is 5.73 Å². The van der Waals surface area contributed by atoms with Gasteiger partial charge in [0.05, 0.1) is 0 Å². The van der Waals surface area contributed by atoms with Gasteiger partial charge in [0.1, 0.15) is 10.7 Å². The maximum Gasteiger partial charge on any atom is 0.123 e. The third-order valence-corrected chi connectivity index (χ3v) is 2.51. The SMILES string of the molecule is NC(=S)c1nccc2c(Cl)cccc12. The second-order valence-corrected chi connectivity index (χ2v) is 3.71. The summed E-state index contributed by atoms with van der Waals surface area (Å²) in [5.41, 5.74) is 6.18. The van der Waals surface area contributed by atoms with Crippen LogP contribution in [0.3, 0.4) is 0 Å². The molecule has 0 unspecified atom stereocenters. The van der Waals surface area contributed by atoms with E-state index in [1.807, 2.05) is 24.3 Å². The predicted octanol–water partition coefficient (Wildman–Crippen LogP) is 2.52. The zero-order valence-corrected chi connectivity index (χ0v) is 8.77. The van der Waals surface area contributed by atoms with E-state index < -0.39 is 0 Å². The summed E-state index contributed by atoms with van der Waals surface area (Å²) in [6.45, 7) is 0. The fraction of sp³-hybridized carbons (Fsp3) is 0. The Balaban J connectivity index is 2.88. The van der Waals surface area contributed by atoms with Crippen molar-refractivity contribution in [3.05, 3.63) is 41.2 Å². The number of aromatic nitrogens is 1. The summed E-state index contributed by atoms with van der Waals surface area (Å²) >= 11 is 10.9. The minimum atomic E-state index is 0.290. The number of nitrogens with two attached hydrogens (primary N) is 1. The van der Waals surface area contributed by atoms with Gasteiger partial charge < -0.3 is 5.73 Å². The Morgan fingerprint density at radius 3 is 2.79 bits per heavy atom. The lowest BCUT2D eigenvalue weighted by molar-refractivity contribution is 1.33. The molecule has 0 aliphatic carbocycles. The minimum Gasteiger partial charge on any atom is -0.388 e. The Morgan fingerprint density at radius 2 is 2.07 bits per heavy atom. The van der Waals surface area contributed by atoms with Gasteiger partial charge in [-0.2, -0.15) is 0 Å². The minimum absolute atomic E-state index is 0.290. The molecule has 0 spiro atoms. The van der Waals surface area contributed by atoms with Crippen molar-refractivity contribution >= 4 is 39.6 Å². The first kappa shape index (κ1) is 9.37. The van der Waals surface area contributed by atoms with Gasteiger partial charge in [-0.05, 0) is 12.1 Å². The van der Waals surface area contributed by atoms with Gasteiger partial charge in [0.2, 0.25) is 0 Å². The van der Waals surface area contributed by atoms with Crippen LogP contribution in [0.2, 0.25) is 5.02 Å². The first-order chi connectivity index (χ1) is 6.70. The summed E-state index contributed by atoms with van der Waals surface area (Å²) in [7, 11) is 0. The zero-order chi connectivity index (χ0) is 10.1. The van der Waals surface area contributed by atoms with Gasteiger partial charge in [-0.3, -0.25) is 4.98 Å². The highest BCUT2D eigenvalue weighted by atomic mass is 35.5. The third-order valence-electron chi connectivity index (χ3n) is 1.99. The molecule has 0 radical (unpaired) electrons. The molecule has 4 heteroatoms. The molecule has 2 aromatic rings. The van der Waals surface area contributed by atoms with E-state index in [-0.39, 0.29) is 4.99 Å². The predicted molar refractivity (Wildman–Crippen MR) is 62.6 cm³/mol. The number of pyridine rings is 1. The van der Waals surface area contributed by atoms with E-state index >= 15 is 0 Å². The lowest BCUT2D eigenvalue weighted by atomic mass is 10.1. The highest BCUT2D eigenvalue weighted by Gasteiger charge is 2.06. The fourth-order valence-electron chi connectivity index (χ4n) is 1.37. The quantitative estimate of drug-likeness (QED) is 0.754. The molecule has 0 saturated heterocycles. The molecular formula is C10H7ClN2S. The number of halogens is 1. The molecule has 0 aliphatic heterocycles. The fourth-order valence-corrected chi connectivity index (χ4v) is 1.77. The van der Waals surface area contributed by atoms with Crippen molar-refractivity contribution in [2.75, 3.05) is 0 Å². The molecular weight excluding hydrogens is 216 g/mol. The molecule has 0 fully saturated rings. The number of hydrogen-bond donors (Lipinski definition) is 1. The van der Waals surface area contributed by atoms with Crippen molar-refractivity contribution in [2.24, 2.45) is 5.73 Å². The molecule has 2 N–H and O–H groups in total. The molecule has 14 heavy (non-hydrogen) atoms. The summed E-state index contributed by atoms with van der Waals surface area (Å²) in [4.78, 5) is 4.41. The normalized spacial score (nSPS) is 10.4.